The van der Waals surface area contributed by atoms with Crippen molar-refractivity contribution in [3.05, 3.63) is 0 Å². The zero-order chi connectivity index (χ0) is 40.3. The van der Waals surface area contributed by atoms with Gasteiger partial charge in [-0.2, -0.15) is 0 Å². The molecule has 0 aromatic heterocycles. The minimum absolute atomic E-state index is 0.0316. The summed E-state index contributed by atoms with van der Waals surface area (Å²) in [5.41, 5.74) is 0. The highest BCUT2D eigenvalue weighted by Crippen LogP contribution is 2.18. The minimum Gasteiger partial charge on any atom is -0.462 e. The van der Waals surface area contributed by atoms with Gasteiger partial charge in [0.05, 0.1) is 6.61 Å². The first-order valence-electron chi connectivity index (χ1n) is 22.8. The molecule has 0 aromatic carbocycles. The number of carbonyl (C=O) groups is 3. The summed E-state index contributed by atoms with van der Waals surface area (Å²) >= 11 is 0. The normalized spacial score (nSPS) is 10.6. The standard InChI is InChI=1S/C34H69NO3.C10H20O.CH4O.CH2O/c1-4-7-10-13-16-21-26-33(27-22-17-14-11-8-5-2)38-34(37)28-23-18-15-20-25-30-35(31-32-36)29-24-19-12-9-6-3;1-2-3-4-5-6-7-8-9-10-11;2*1-2/h33,36H,4-32H2,1-3H3;10H,2-9H2,1H3;2H,1H3;1H2. The molecular formula is C46H95NO6. The number of rotatable bonds is 39. The van der Waals surface area contributed by atoms with Crippen molar-refractivity contribution in [2.45, 2.75) is 246 Å². The first-order valence-corrected chi connectivity index (χ1v) is 22.8. The number of esters is 1. The molecule has 0 bridgehead atoms. The molecule has 0 atom stereocenters. The van der Waals surface area contributed by atoms with E-state index in [0.29, 0.717) is 6.42 Å². The summed E-state index contributed by atoms with van der Waals surface area (Å²) in [5, 5.41) is 16.4. The van der Waals surface area contributed by atoms with Crippen molar-refractivity contribution in [2.75, 3.05) is 33.4 Å². The monoisotopic (exact) mass is 758 g/mol. The quantitative estimate of drug-likeness (QED) is 0.0365. The van der Waals surface area contributed by atoms with Gasteiger partial charge in [-0.25, -0.2) is 0 Å². The summed E-state index contributed by atoms with van der Waals surface area (Å²) in [5.74, 6) is 0.0316. The van der Waals surface area contributed by atoms with Gasteiger partial charge in [-0.1, -0.05) is 175 Å². The largest absolute Gasteiger partial charge is 0.462 e. The average molecular weight is 758 g/mol. The van der Waals surface area contributed by atoms with Gasteiger partial charge in [0.1, 0.15) is 19.2 Å². The number of unbranched alkanes of at least 4 members (excludes halogenated alkanes) is 25. The van der Waals surface area contributed by atoms with Crippen LogP contribution >= 0.6 is 0 Å². The number of aliphatic hydroxyl groups excluding tert-OH is 2. The van der Waals surface area contributed by atoms with Gasteiger partial charge in [0.15, 0.2) is 0 Å². The first kappa shape index (κ1) is 58.4. The Hall–Kier alpha value is -1.31. The van der Waals surface area contributed by atoms with Gasteiger partial charge in [-0.3, -0.25) is 4.79 Å². The molecule has 0 amide bonds. The van der Waals surface area contributed by atoms with E-state index in [-0.39, 0.29) is 18.7 Å². The van der Waals surface area contributed by atoms with Crippen molar-refractivity contribution in [1.82, 2.24) is 4.90 Å². The summed E-state index contributed by atoms with van der Waals surface area (Å²) in [7, 11) is 1.00. The Kier molecular flexibility index (Phi) is 63.3. The third kappa shape index (κ3) is 55.1. The summed E-state index contributed by atoms with van der Waals surface area (Å²) in [4.78, 5) is 32.9. The highest BCUT2D eigenvalue weighted by molar-refractivity contribution is 5.69. The second kappa shape index (κ2) is 57.4. The fourth-order valence-corrected chi connectivity index (χ4v) is 6.55. The van der Waals surface area contributed by atoms with Gasteiger partial charge in [-0.15, -0.1) is 0 Å². The molecule has 7 nitrogen and oxygen atoms in total. The smallest absolute Gasteiger partial charge is 0.306 e. The van der Waals surface area contributed by atoms with Crippen LogP contribution in [-0.4, -0.2) is 73.6 Å². The van der Waals surface area contributed by atoms with Gasteiger partial charge in [-0.05, 0) is 64.5 Å². The number of hydrogen-bond acceptors (Lipinski definition) is 7. The lowest BCUT2D eigenvalue weighted by molar-refractivity contribution is -0.150. The Bertz CT molecular complexity index is 634. The van der Waals surface area contributed by atoms with Crippen LogP contribution < -0.4 is 0 Å². The van der Waals surface area contributed by atoms with E-state index in [1.165, 1.54) is 167 Å². The zero-order valence-corrected chi connectivity index (χ0v) is 36.5. The topological polar surface area (TPSA) is 104 Å². The number of ether oxygens (including phenoxy) is 1. The molecule has 0 rings (SSSR count). The average Bonchev–Trinajstić information content (AvgIpc) is 3.18. The Labute approximate surface area is 331 Å². The van der Waals surface area contributed by atoms with Crippen LogP contribution in [0, 0.1) is 0 Å². The molecule has 0 aliphatic rings. The maximum absolute atomic E-state index is 12.6. The van der Waals surface area contributed by atoms with E-state index in [9.17, 15) is 14.7 Å². The van der Waals surface area contributed by atoms with Crippen LogP contribution in [0.1, 0.15) is 240 Å². The van der Waals surface area contributed by atoms with Crippen LogP contribution in [-0.2, 0) is 19.1 Å². The van der Waals surface area contributed by atoms with Crippen LogP contribution in [0.15, 0.2) is 0 Å². The molecule has 0 aromatic rings. The lowest BCUT2D eigenvalue weighted by atomic mass is 10.0. The maximum atomic E-state index is 12.6. The summed E-state index contributed by atoms with van der Waals surface area (Å²) in [6.07, 6.45) is 41.4. The molecule has 320 valence electrons. The number of aliphatic hydroxyl groups is 2. The molecule has 0 aliphatic carbocycles. The Morgan fingerprint density at radius 1 is 0.528 bits per heavy atom. The lowest BCUT2D eigenvalue weighted by Gasteiger charge is -2.21. The molecule has 0 fully saturated rings. The third-order valence-corrected chi connectivity index (χ3v) is 9.83. The first-order chi connectivity index (χ1) is 26.1. The molecule has 0 unspecified atom stereocenters. The molecule has 53 heavy (non-hydrogen) atoms. The van der Waals surface area contributed by atoms with Crippen LogP contribution in [0.3, 0.4) is 0 Å². The number of carbonyl (C=O) groups excluding carboxylic acids is 3. The molecule has 0 saturated carbocycles. The molecule has 2 N–H and O–H groups in total. The number of hydrogen-bond donors (Lipinski definition) is 2. The molecule has 0 radical (unpaired) electrons. The lowest BCUT2D eigenvalue weighted by Crippen LogP contribution is -2.29. The van der Waals surface area contributed by atoms with E-state index in [1.54, 1.807) is 0 Å². The molecule has 0 aliphatic heterocycles. The van der Waals surface area contributed by atoms with Gasteiger partial charge in [0, 0.05) is 26.5 Å². The van der Waals surface area contributed by atoms with Crippen molar-refractivity contribution >= 4 is 19.0 Å². The van der Waals surface area contributed by atoms with Gasteiger partial charge in [0.25, 0.3) is 0 Å². The summed E-state index contributed by atoms with van der Waals surface area (Å²) in [6, 6.07) is 0. The Morgan fingerprint density at radius 2 is 0.868 bits per heavy atom. The fourth-order valence-electron chi connectivity index (χ4n) is 6.55. The molecular weight excluding hydrogens is 663 g/mol. The highest BCUT2D eigenvalue weighted by Gasteiger charge is 2.14. The van der Waals surface area contributed by atoms with E-state index in [4.69, 9.17) is 14.6 Å². The Morgan fingerprint density at radius 3 is 1.25 bits per heavy atom. The minimum atomic E-state index is 0.0316. The van der Waals surface area contributed by atoms with Gasteiger partial charge >= 0.3 is 5.97 Å². The maximum Gasteiger partial charge on any atom is 0.306 e. The van der Waals surface area contributed by atoms with Gasteiger partial charge < -0.3 is 29.4 Å². The van der Waals surface area contributed by atoms with Crippen molar-refractivity contribution in [2.24, 2.45) is 0 Å². The second-order valence-corrected chi connectivity index (χ2v) is 14.8. The van der Waals surface area contributed by atoms with Crippen LogP contribution in [0.2, 0.25) is 0 Å². The van der Waals surface area contributed by atoms with E-state index >= 15 is 0 Å². The predicted octanol–water partition coefficient (Wildman–Crippen LogP) is 12.8. The van der Waals surface area contributed by atoms with E-state index in [0.717, 1.165) is 71.6 Å². The summed E-state index contributed by atoms with van der Waals surface area (Å²) in [6.45, 7) is 14.3. The SMILES string of the molecule is C=O.CCCCCCCCC(CCCCCCCC)OC(=O)CCCCCCCN(CCO)CCCCCCC.CCCCCCCCCC=O.CO. The fraction of sp³-hybridized carbons (Fsp3) is 0.935. The summed E-state index contributed by atoms with van der Waals surface area (Å²) < 4.78 is 5.98. The van der Waals surface area contributed by atoms with E-state index in [2.05, 4.69) is 32.6 Å². The van der Waals surface area contributed by atoms with Crippen LogP contribution in [0.25, 0.3) is 0 Å². The van der Waals surface area contributed by atoms with Crippen molar-refractivity contribution < 1.29 is 29.3 Å². The zero-order valence-electron chi connectivity index (χ0n) is 36.5. The Balaban J connectivity index is -0.000000672. The molecule has 0 heterocycles. The van der Waals surface area contributed by atoms with Crippen molar-refractivity contribution in [1.29, 1.82) is 0 Å². The van der Waals surface area contributed by atoms with E-state index < -0.39 is 0 Å². The van der Waals surface area contributed by atoms with E-state index in [1.807, 2.05) is 6.79 Å². The predicted molar refractivity (Wildman–Crippen MR) is 230 cm³/mol. The number of aldehydes is 1. The van der Waals surface area contributed by atoms with Crippen LogP contribution in [0.5, 0.6) is 0 Å². The van der Waals surface area contributed by atoms with Crippen LogP contribution in [0.4, 0.5) is 0 Å². The third-order valence-electron chi connectivity index (χ3n) is 9.83. The van der Waals surface area contributed by atoms with Crippen molar-refractivity contribution in [3.63, 3.8) is 0 Å². The van der Waals surface area contributed by atoms with Crippen molar-refractivity contribution in [3.8, 4) is 0 Å². The molecule has 7 heteroatoms. The molecule has 0 spiro atoms. The highest BCUT2D eigenvalue weighted by atomic mass is 16.5. The number of nitrogens with zero attached hydrogens (tertiary/aromatic N) is 1. The second-order valence-electron chi connectivity index (χ2n) is 14.8. The van der Waals surface area contributed by atoms with Gasteiger partial charge in [0.2, 0.25) is 0 Å². The molecule has 0 saturated heterocycles.